The smallest absolute Gasteiger partial charge is 0.0578 e. The normalized spacial score (nSPS) is 12.5. The Labute approximate surface area is 125 Å². The topological polar surface area (TPSA) is 26.0 Å². The molecular weight excluding hydrogens is 333 g/mol. The monoisotopic (exact) mass is 343 g/mol. The van der Waals surface area contributed by atoms with Crippen LogP contribution in [-0.4, -0.2) is 0 Å². The lowest BCUT2D eigenvalue weighted by Crippen LogP contribution is -2.13. The maximum Gasteiger partial charge on any atom is 0.0578 e. The zero-order valence-corrected chi connectivity index (χ0v) is 12.9. The SMILES string of the molecule is Cc1ccc(Br)c(C(N)c2cc(Cl)ccc2Cl)c1. The first-order chi connectivity index (χ1) is 8.49. The molecule has 94 valence electrons. The fraction of sp³-hybridized carbons (Fsp3) is 0.143. The predicted molar refractivity (Wildman–Crippen MR) is 81.4 cm³/mol. The molecule has 0 saturated heterocycles. The summed E-state index contributed by atoms with van der Waals surface area (Å²) in [7, 11) is 0. The third kappa shape index (κ3) is 2.89. The van der Waals surface area contributed by atoms with Gasteiger partial charge in [-0.25, -0.2) is 0 Å². The van der Waals surface area contributed by atoms with Gasteiger partial charge in [-0.1, -0.05) is 56.8 Å². The number of aryl methyl sites for hydroxylation is 1. The van der Waals surface area contributed by atoms with E-state index in [9.17, 15) is 0 Å². The van der Waals surface area contributed by atoms with Gasteiger partial charge in [-0.3, -0.25) is 0 Å². The summed E-state index contributed by atoms with van der Waals surface area (Å²) in [6.45, 7) is 2.03. The van der Waals surface area contributed by atoms with Crippen LogP contribution < -0.4 is 5.73 Å². The highest BCUT2D eigenvalue weighted by molar-refractivity contribution is 9.10. The number of halogens is 3. The van der Waals surface area contributed by atoms with Crippen molar-refractivity contribution in [1.29, 1.82) is 0 Å². The van der Waals surface area contributed by atoms with E-state index in [1.165, 1.54) is 0 Å². The Kier molecular flexibility index (Phi) is 4.33. The molecule has 2 aromatic rings. The maximum atomic E-state index is 6.28. The zero-order valence-electron chi connectivity index (χ0n) is 9.75. The van der Waals surface area contributed by atoms with Crippen LogP contribution in [0.3, 0.4) is 0 Å². The van der Waals surface area contributed by atoms with Gasteiger partial charge in [0.05, 0.1) is 6.04 Å². The van der Waals surface area contributed by atoms with E-state index in [0.29, 0.717) is 10.0 Å². The highest BCUT2D eigenvalue weighted by Crippen LogP contribution is 2.32. The van der Waals surface area contributed by atoms with Gasteiger partial charge in [-0.15, -0.1) is 0 Å². The summed E-state index contributed by atoms with van der Waals surface area (Å²) in [6, 6.07) is 11.1. The van der Waals surface area contributed by atoms with Gasteiger partial charge in [0.1, 0.15) is 0 Å². The molecule has 18 heavy (non-hydrogen) atoms. The van der Waals surface area contributed by atoms with Crippen LogP contribution in [0.5, 0.6) is 0 Å². The summed E-state index contributed by atoms with van der Waals surface area (Å²) in [5.41, 5.74) is 9.27. The molecule has 0 aliphatic carbocycles. The van der Waals surface area contributed by atoms with Gasteiger partial charge in [0.15, 0.2) is 0 Å². The number of hydrogen-bond acceptors (Lipinski definition) is 1. The van der Waals surface area contributed by atoms with E-state index >= 15 is 0 Å². The quantitative estimate of drug-likeness (QED) is 0.804. The Morgan fingerprint density at radius 3 is 2.50 bits per heavy atom. The number of benzene rings is 2. The molecule has 1 atom stereocenters. The summed E-state index contributed by atoms with van der Waals surface area (Å²) in [4.78, 5) is 0. The summed E-state index contributed by atoms with van der Waals surface area (Å²) < 4.78 is 0.969. The largest absolute Gasteiger partial charge is 0.320 e. The minimum atomic E-state index is -0.300. The lowest BCUT2D eigenvalue weighted by molar-refractivity contribution is 0.864. The molecular formula is C14H12BrCl2N. The zero-order chi connectivity index (χ0) is 13.3. The van der Waals surface area contributed by atoms with Crippen LogP contribution in [-0.2, 0) is 0 Å². The second kappa shape index (κ2) is 5.62. The highest BCUT2D eigenvalue weighted by Gasteiger charge is 2.15. The van der Waals surface area contributed by atoms with E-state index in [4.69, 9.17) is 28.9 Å². The van der Waals surface area contributed by atoms with E-state index in [-0.39, 0.29) is 6.04 Å². The van der Waals surface area contributed by atoms with Crippen LogP contribution >= 0.6 is 39.1 Å². The van der Waals surface area contributed by atoms with Gasteiger partial charge in [-0.2, -0.15) is 0 Å². The van der Waals surface area contributed by atoms with E-state index < -0.39 is 0 Å². The molecule has 0 amide bonds. The van der Waals surface area contributed by atoms with Crippen molar-refractivity contribution in [3.8, 4) is 0 Å². The number of nitrogens with two attached hydrogens (primary N) is 1. The summed E-state index contributed by atoms with van der Waals surface area (Å²) in [6.07, 6.45) is 0. The molecule has 0 saturated carbocycles. The minimum absolute atomic E-state index is 0.300. The van der Waals surface area contributed by atoms with Gasteiger partial charge in [0.25, 0.3) is 0 Å². The Bertz CT molecular complexity index is 533. The molecule has 0 heterocycles. The second-order valence-electron chi connectivity index (χ2n) is 4.17. The molecule has 4 heteroatoms. The fourth-order valence-electron chi connectivity index (χ4n) is 1.82. The number of hydrogen-bond donors (Lipinski definition) is 1. The Balaban J connectivity index is 2.50. The maximum absolute atomic E-state index is 6.28. The molecule has 0 bridgehead atoms. The van der Waals surface area contributed by atoms with Crippen molar-refractivity contribution in [2.45, 2.75) is 13.0 Å². The van der Waals surface area contributed by atoms with Crippen molar-refractivity contribution in [3.63, 3.8) is 0 Å². The van der Waals surface area contributed by atoms with Crippen LogP contribution in [0.4, 0.5) is 0 Å². The molecule has 0 aromatic heterocycles. The van der Waals surface area contributed by atoms with Crippen molar-refractivity contribution in [2.24, 2.45) is 5.73 Å². The second-order valence-corrected chi connectivity index (χ2v) is 5.87. The summed E-state index contributed by atoms with van der Waals surface area (Å²) >= 11 is 15.7. The highest BCUT2D eigenvalue weighted by atomic mass is 79.9. The van der Waals surface area contributed by atoms with Crippen LogP contribution in [0.2, 0.25) is 10.0 Å². The molecule has 0 aliphatic heterocycles. The molecule has 2 rings (SSSR count). The lowest BCUT2D eigenvalue weighted by atomic mass is 9.98. The Morgan fingerprint density at radius 1 is 1.06 bits per heavy atom. The molecule has 2 N–H and O–H groups in total. The van der Waals surface area contributed by atoms with Crippen molar-refractivity contribution in [3.05, 3.63) is 67.6 Å². The molecule has 0 aliphatic rings. The number of rotatable bonds is 2. The van der Waals surface area contributed by atoms with Crippen molar-refractivity contribution in [2.75, 3.05) is 0 Å². The first-order valence-electron chi connectivity index (χ1n) is 5.45. The van der Waals surface area contributed by atoms with E-state index in [1.807, 2.05) is 31.2 Å². The third-order valence-corrected chi connectivity index (χ3v) is 4.08. The first-order valence-corrected chi connectivity index (χ1v) is 7.00. The van der Waals surface area contributed by atoms with Crippen molar-refractivity contribution in [1.82, 2.24) is 0 Å². The molecule has 0 fully saturated rings. The molecule has 0 radical (unpaired) electrons. The third-order valence-electron chi connectivity index (χ3n) is 2.78. The summed E-state index contributed by atoms with van der Waals surface area (Å²) in [5, 5.41) is 1.26. The molecule has 1 nitrogen and oxygen atoms in total. The Morgan fingerprint density at radius 2 is 1.78 bits per heavy atom. The first kappa shape index (κ1) is 13.9. The van der Waals surface area contributed by atoms with Gasteiger partial charge in [0, 0.05) is 14.5 Å². The van der Waals surface area contributed by atoms with E-state index in [1.54, 1.807) is 12.1 Å². The average molecular weight is 345 g/mol. The van der Waals surface area contributed by atoms with E-state index in [0.717, 1.165) is 21.2 Å². The molecule has 0 spiro atoms. The van der Waals surface area contributed by atoms with Gasteiger partial charge in [0.2, 0.25) is 0 Å². The van der Waals surface area contributed by atoms with Crippen LogP contribution in [0, 0.1) is 6.92 Å². The fourth-order valence-corrected chi connectivity index (χ4v) is 2.73. The standard InChI is InChI=1S/C14H12BrCl2N/c1-8-2-4-12(15)10(6-8)14(18)11-7-9(16)3-5-13(11)17/h2-7,14H,18H2,1H3. The average Bonchev–Trinajstić information content (AvgIpc) is 2.34. The van der Waals surface area contributed by atoms with Crippen molar-refractivity contribution < 1.29 is 0 Å². The lowest BCUT2D eigenvalue weighted by Gasteiger charge is -2.17. The van der Waals surface area contributed by atoms with Gasteiger partial charge in [-0.05, 0) is 42.3 Å². The van der Waals surface area contributed by atoms with Crippen molar-refractivity contribution >= 4 is 39.1 Å². The minimum Gasteiger partial charge on any atom is -0.320 e. The molecule has 1 unspecified atom stereocenters. The van der Waals surface area contributed by atoms with Gasteiger partial charge >= 0.3 is 0 Å². The van der Waals surface area contributed by atoms with Crippen LogP contribution in [0.25, 0.3) is 0 Å². The predicted octanol–water partition coefficient (Wildman–Crippen LogP) is 5.11. The molecule has 2 aromatic carbocycles. The van der Waals surface area contributed by atoms with Gasteiger partial charge < -0.3 is 5.73 Å². The van der Waals surface area contributed by atoms with E-state index in [2.05, 4.69) is 15.9 Å². The summed E-state index contributed by atoms with van der Waals surface area (Å²) in [5.74, 6) is 0. The van der Waals surface area contributed by atoms with Crippen LogP contribution in [0.15, 0.2) is 40.9 Å². The Hall–Kier alpha value is -0.540. The van der Waals surface area contributed by atoms with Crippen LogP contribution in [0.1, 0.15) is 22.7 Å².